The summed E-state index contributed by atoms with van der Waals surface area (Å²) in [6, 6.07) is 2.82. The number of nitrogens with zero attached hydrogens (tertiary/aromatic N) is 5. The van der Waals surface area contributed by atoms with E-state index in [4.69, 9.17) is 21.8 Å². The van der Waals surface area contributed by atoms with Gasteiger partial charge in [0.1, 0.15) is 0 Å². The first-order chi connectivity index (χ1) is 12.2. The van der Waals surface area contributed by atoms with Gasteiger partial charge in [-0.05, 0) is 51.4 Å². The van der Waals surface area contributed by atoms with E-state index in [9.17, 15) is 9.59 Å². The van der Waals surface area contributed by atoms with Crippen LogP contribution in [0.15, 0.2) is 12.1 Å². The van der Waals surface area contributed by atoms with E-state index in [0.717, 1.165) is 13.1 Å². The maximum Gasteiger partial charge on any atom is 0.354 e. The Morgan fingerprint density at radius 2 is 1.38 bits per heavy atom. The molecule has 0 spiro atoms. The van der Waals surface area contributed by atoms with Crippen LogP contribution in [0.4, 0.5) is 5.95 Å². The van der Waals surface area contributed by atoms with Crippen molar-refractivity contribution in [1.82, 2.24) is 19.9 Å². The highest BCUT2D eigenvalue weighted by atomic mass is 35.5. The van der Waals surface area contributed by atoms with Gasteiger partial charge in [-0.1, -0.05) is 0 Å². The van der Waals surface area contributed by atoms with E-state index in [2.05, 4.69) is 19.9 Å². The number of halogens is 1. The molecule has 0 radical (unpaired) electrons. The zero-order valence-corrected chi connectivity index (χ0v) is 15.6. The fraction of sp³-hybridized carbons (Fsp3) is 0.375. The highest BCUT2D eigenvalue weighted by molar-refractivity contribution is 6.28. The molecule has 140 valence electrons. The van der Waals surface area contributed by atoms with Crippen molar-refractivity contribution in [2.24, 2.45) is 0 Å². The molecule has 10 heteroatoms. The summed E-state index contributed by atoms with van der Waals surface area (Å²) >= 11 is 5.41. The Morgan fingerprint density at radius 3 is 1.81 bits per heavy atom. The molecule has 0 aliphatic rings. The summed E-state index contributed by atoms with van der Waals surface area (Å²) in [6.45, 7) is 8.91. The van der Waals surface area contributed by atoms with E-state index < -0.39 is 11.9 Å². The molecule has 26 heavy (non-hydrogen) atoms. The third kappa shape index (κ3) is 6.25. The molecule has 0 saturated heterocycles. The number of aromatic carboxylic acids is 2. The van der Waals surface area contributed by atoms with E-state index in [1.807, 2.05) is 18.7 Å². The molecule has 2 N–H and O–H groups in total. The molecule has 0 aliphatic carbocycles. The molecule has 2 aromatic heterocycles. The highest BCUT2D eigenvalue weighted by Crippen LogP contribution is 2.10. The van der Waals surface area contributed by atoms with Gasteiger partial charge in [-0.2, -0.15) is 0 Å². The van der Waals surface area contributed by atoms with Gasteiger partial charge in [0.2, 0.25) is 11.2 Å². The largest absolute Gasteiger partial charge is 0.477 e. The molecule has 0 aliphatic heterocycles. The van der Waals surface area contributed by atoms with Crippen molar-refractivity contribution in [1.29, 1.82) is 0 Å². The molecular formula is C16H20ClN5O4. The van der Waals surface area contributed by atoms with Crippen molar-refractivity contribution in [3.8, 4) is 0 Å². The maximum absolute atomic E-state index is 10.8. The minimum atomic E-state index is -1.10. The standard InChI is InChI=1S/C10H15N3O2.C6H5ClN2O2/c1-4-13(5-2)10-11-7(3)6-8(12-10)9(14)15;1-3-2-4(5(10)11)9-6(7)8-3/h6H,4-5H2,1-3H3,(H,14,15);2H,1H3,(H,10,11). The summed E-state index contributed by atoms with van der Waals surface area (Å²) < 4.78 is 0. The van der Waals surface area contributed by atoms with Crippen LogP contribution in [0.25, 0.3) is 0 Å². The number of anilines is 1. The zero-order chi connectivity index (χ0) is 19.9. The van der Waals surface area contributed by atoms with Crippen LogP contribution in [0.2, 0.25) is 5.28 Å². The molecular weight excluding hydrogens is 362 g/mol. The fourth-order valence-electron chi connectivity index (χ4n) is 1.95. The first-order valence-corrected chi connectivity index (χ1v) is 8.14. The molecule has 0 bridgehead atoms. The van der Waals surface area contributed by atoms with Gasteiger partial charge in [-0.3, -0.25) is 0 Å². The van der Waals surface area contributed by atoms with Crippen molar-refractivity contribution in [2.75, 3.05) is 18.0 Å². The number of carboxylic acid groups (broad SMARTS) is 2. The van der Waals surface area contributed by atoms with E-state index in [0.29, 0.717) is 17.3 Å². The summed E-state index contributed by atoms with van der Waals surface area (Å²) in [5.74, 6) is -1.64. The molecule has 0 aromatic carbocycles. The van der Waals surface area contributed by atoms with Crippen molar-refractivity contribution in [3.05, 3.63) is 40.2 Å². The Balaban J connectivity index is 0.000000273. The van der Waals surface area contributed by atoms with Gasteiger partial charge in [0, 0.05) is 24.5 Å². The lowest BCUT2D eigenvalue weighted by Crippen LogP contribution is -2.25. The number of aryl methyl sites for hydroxylation is 2. The van der Waals surface area contributed by atoms with Crippen molar-refractivity contribution in [3.63, 3.8) is 0 Å². The van der Waals surface area contributed by atoms with Crippen LogP contribution >= 0.6 is 11.6 Å². The van der Waals surface area contributed by atoms with Crippen LogP contribution < -0.4 is 4.90 Å². The average molecular weight is 382 g/mol. The molecule has 0 atom stereocenters. The first kappa shape index (κ1) is 21.2. The second-order valence-electron chi connectivity index (χ2n) is 5.14. The minimum Gasteiger partial charge on any atom is -0.477 e. The predicted molar refractivity (Wildman–Crippen MR) is 96.0 cm³/mol. The number of hydrogen-bond acceptors (Lipinski definition) is 7. The SMILES string of the molecule is CCN(CC)c1nc(C)cc(C(=O)O)n1.Cc1cc(C(=O)O)nc(Cl)n1. The second-order valence-corrected chi connectivity index (χ2v) is 5.48. The Hall–Kier alpha value is -2.81. The highest BCUT2D eigenvalue weighted by Gasteiger charge is 2.11. The second kappa shape index (κ2) is 9.62. The van der Waals surface area contributed by atoms with Gasteiger partial charge in [0.05, 0.1) is 0 Å². The number of hydrogen-bond donors (Lipinski definition) is 2. The van der Waals surface area contributed by atoms with Gasteiger partial charge < -0.3 is 15.1 Å². The van der Waals surface area contributed by atoms with Gasteiger partial charge in [-0.15, -0.1) is 0 Å². The molecule has 9 nitrogen and oxygen atoms in total. The molecule has 0 amide bonds. The summed E-state index contributed by atoms with van der Waals surface area (Å²) in [6.07, 6.45) is 0. The van der Waals surface area contributed by atoms with Crippen LogP contribution in [0, 0.1) is 13.8 Å². The smallest absolute Gasteiger partial charge is 0.354 e. The third-order valence-corrected chi connectivity index (χ3v) is 3.32. The fourth-order valence-corrected chi connectivity index (χ4v) is 2.18. The monoisotopic (exact) mass is 381 g/mol. The molecule has 0 saturated carbocycles. The predicted octanol–water partition coefficient (Wildman–Crippen LogP) is 2.47. The topological polar surface area (TPSA) is 129 Å². The Bertz CT molecular complexity index is 776. The van der Waals surface area contributed by atoms with Crippen LogP contribution in [0.3, 0.4) is 0 Å². The van der Waals surface area contributed by atoms with E-state index in [-0.39, 0.29) is 16.7 Å². The normalized spacial score (nSPS) is 9.88. The van der Waals surface area contributed by atoms with Crippen molar-refractivity contribution >= 4 is 29.5 Å². The lowest BCUT2D eigenvalue weighted by molar-refractivity contribution is 0.0679. The molecule has 0 fully saturated rings. The Morgan fingerprint density at radius 1 is 0.923 bits per heavy atom. The zero-order valence-electron chi connectivity index (χ0n) is 14.9. The average Bonchev–Trinajstić information content (AvgIpc) is 2.55. The molecule has 0 unspecified atom stereocenters. The quantitative estimate of drug-likeness (QED) is 0.750. The molecule has 2 heterocycles. The van der Waals surface area contributed by atoms with Gasteiger partial charge >= 0.3 is 11.9 Å². The summed E-state index contributed by atoms with van der Waals surface area (Å²) in [5.41, 5.74) is 1.18. The van der Waals surface area contributed by atoms with Crippen LogP contribution in [-0.2, 0) is 0 Å². The van der Waals surface area contributed by atoms with Crippen molar-refractivity contribution < 1.29 is 19.8 Å². The van der Waals surface area contributed by atoms with Crippen molar-refractivity contribution in [2.45, 2.75) is 27.7 Å². The maximum atomic E-state index is 10.8. The van der Waals surface area contributed by atoms with Gasteiger partial charge in [-0.25, -0.2) is 29.5 Å². The summed E-state index contributed by atoms with van der Waals surface area (Å²) in [4.78, 5) is 38.5. The lowest BCUT2D eigenvalue weighted by Gasteiger charge is -2.18. The van der Waals surface area contributed by atoms with Gasteiger partial charge in [0.15, 0.2) is 11.4 Å². The third-order valence-electron chi connectivity index (χ3n) is 3.15. The van der Waals surface area contributed by atoms with Crippen LogP contribution in [0.1, 0.15) is 46.2 Å². The summed E-state index contributed by atoms with van der Waals surface area (Å²) in [5, 5.41) is 17.3. The van der Waals surface area contributed by atoms with Crippen LogP contribution in [-0.4, -0.2) is 55.2 Å². The van der Waals surface area contributed by atoms with Crippen LogP contribution in [0.5, 0.6) is 0 Å². The minimum absolute atomic E-state index is 0.0394. The Labute approximate surface area is 155 Å². The number of carboxylic acids is 2. The molecule has 2 aromatic rings. The van der Waals surface area contributed by atoms with E-state index in [1.165, 1.54) is 12.1 Å². The van der Waals surface area contributed by atoms with E-state index in [1.54, 1.807) is 13.8 Å². The number of aromatic nitrogens is 4. The first-order valence-electron chi connectivity index (χ1n) is 7.76. The number of carbonyl (C=O) groups is 2. The Kier molecular flexibility index (Phi) is 7.85. The lowest BCUT2D eigenvalue weighted by atomic mass is 10.3. The number of rotatable bonds is 5. The van der Waals surface area contributed by atoms with E-state index >= 15 is 0 Å². The molecule has 2 rings (SSSR count). The van der Waals surface area contributed by atoms with Gasteiger partial charge in [0.25, 0.3) is 0 Å². The summed E-state index contributed by atoms with van der Waals surface area (Å²) in [7, 11) is 0.